The summed E-state index contributed by atoms with van der Waals surface area (Å²) in [5.74, 6) is 0.366. The molecule has 1 heterocycles. The molecule has 0 bridgehead atoms. The topological polar surface area (TPSA) is 93.2 Å². The summed E-state index contributed by atoms with van der Waals surface area (Å²) in [7, 11) is 0. The lowest BCUT2D eigenvalue weighted by molar-refractivity contribution is -0.121. The van der Waals surface area contributed by atoms with Gasteiger partial charge < -0.3 is 15.0 Å². The van der Waals surface area contributed by atoms with Gasteiger partial charge in [0.25, 0.3) is 5.56 Å². The molecule has 0 fully saturated rings. The molecule has 2 aromatic carbocycles. The van der Waals surface area contributed by atoms with Gasteiger partial charge in [-0.25, -0.2) is 4.79 Å². The predicted molar refractivity (Wildman–Crippen MR) is 103 cm³/mol. The Kier molecular flexibility index (Phi) is 5.71. The fourth-order valence-electron chi connectivity index (χ4n) is 2.67. The first kappa shape index (κ1) is 18.4. The molecule has 140 valence electrons. The second-order valence-corrected chi connectivity index (χ2v) is 6.14. The van der Waals surface area contributed by atoms with Gasteiger partial charge in [0.15, 0.2) is 0 Å². The highest BCUT2D eigenvalue weighted by Crippen LogP contribution is 2.12. The number of aromatic amines is 1. The third-order valence-electron chi connectivity index (χ3n) is 4.08. The molecule has 0 aliphatic carbocycles. The summed E-state index contributed by atoms with van der Waals surface area (Å²) in [5, 5.41) is 3.09. The van der Waals surface area contributed by atoms with Crippen LogP contribution < -0.4 is 21.3 Å². The van der Waals surface area contributed by atoms with Gasteiger partial charge in [-0.1, -0.05) is 31.2 Å². The van der Waals surface area contributed by atoms with Crippen LogP contribution in [-0.4, -0.2) is 22.1 Å². The first-order valence-electron chi connectivity index (χ1n) is 8.79. The largest absolute Gasteiger partial charge is 0.494 e. The van der Waals surface area contributed by atoms with Crippen LogP contribution in [0.2, 0.25) is 0 Å². The molecule has 7 heteroatoms. The van der Waals surface area contributed by atoms with Crippen molar-refractivity contribution in [2.24, 2.45) is 0 Å². The maximum Gasteiger partial charge on any atom is 0.329 e. The lowest BCUT2D eigenvalue weighted by Gasteiger charge is -2.09. The van der Waals surface area contributed by atoms with Gasteiger partial charge in [-0.3, -0.25) is 14.2 Å². The van der Waals surface area contributed by atoms with Crippen molar-refractivity contribution >= 4 is 16.8 Å². The molecular formula is C20H21N3O4. The molecule has 3 aromatic rings. The normalized spacial score (nSPS) is 10.7. The Morgan fingerprint density at radius 2 is 1.85 bits per heavy atom. The summed E-state index contributed by atoms with van der Waals surface area (Å²) in [6.45, 7) is 2.66. The van der Waals surface area contributed by atoms with Crippen molar-refractivity contribution in [3.63, 3.8) is 0 Å². The minimum atomic E-state index is -0.605. The maximum absolute atomic E-state index is 12.4. The highest BCUT2D eigenvalue weighted by molar-refractivity contribution is 5.78. The van der Waals surface area contributed by atoms with E-state index >= 15 is 0 Å². The van der Waals surface area contributed by atoms with Crippen LogP contribution in [-0.2, 0) is 17.9 Å². The number of benzene rings is 2. The minimum absolute atomic E-state index is 0.299. The van der Waals surface area contributed by atoms with Gasteiger partial charge in [0.05, 0.1) is 17.5 Å². The van der Waals surface area contributed by atoms with Crippen molar-refractivity contribution in [1.29, 1.82) is 0 Å². The van der Waals surface area contributed by atoms with Gasteiger partial charge in [0.1, 0.15) is 12.3 Å². The summed E-state index contributed by atoms with van der Waals surface area (Å²) in [4.78, 5) is 39.3. The SMILES string of the molecule is CCCOc1ccc(CNC(=O)Cn2c(=O)[nH]c3ccccc3c2=O)cc1. The number of H-pyrrole nitrogens is 1. The fourth-order valence-corrected chi connectivity index (χ4v) is 2.67. The van der Waals surface area contributed by atoms with Crippen molar-refractivity contribution in [2.45, 2.75) is 26.4 Å². The first-order chi connectivity index (χ1) is 13.1. The molecule has 1 aromatic heterocycles. The molecule has 0 saturated heterocycles. The average molecular weight is 367 g/mol. The average Bonchev–Trinajstić information content (AvgIpc) is 2.69. The number of fused-ring (bicyclic) bond motifs is 1. The number of amides is 1. The van der Waals surface area contributed by atoms with Crippen LogP contribution in [0.15, 0.2) is 58.1 Å². The Morgan fingerprint density at radius 1 is 1.11 bits per heavy atom. The molecule has 27 heavy (non-hydrogen) atoms. The number of carbonyl (C=O) groups excluding carboxylic acids is 1. The van der Waals surface area contributed by atoms with Gasteiger partial charge in [0.2, 0.25) is 5.91 Å². The van der Waals surface area contributed by atoms with Crippen molar-refractivity contribution in [3.05, 3.63) is 74.9 Å². The van der Waals surface area contributed by atoms with E-state index in [1.54, 1.807) is 24.3 Å². The second-order valence-electron chi connectivity index (χ2n) is 6.14. The Balaban J connectivity index is 1.65. The van der Waals surface area contributed by atoms with Crippen molar-refractivity contribution < 1.29 is 9.53 Å². The highest BCUT2D eigenvalue weighted by atomic mass is 16.5. The molecule has 0 radical (unpaired) electrons. The molecule has 0 atom stereocenters. The molecule has 0 saturated carbocycles. The van der Waals surface area contributed by atoms with Gasteiger partial charge >= 0.3 is 5.69 Å². The Labute approximate surface area is 155 Å². The van der Waals surface area contributed by atoms with E-state index in [2.05, 4.69) is 10.3 Å². The zero-order valence-electron chi connectivity index (χ0n) is 15.0. The maximum atomic E-state index is 12.4. The van der Waals surface area contributed by atoms with E-state index in [-0.39, 0.29) is 6.54 Å². The number of ether oxygens (including phenoxy) is 1. The number of nitrogens with zero attached hydrogens (tertiary/aromatic N) is 1. The van der Waals surface area contributed by atoms with Crippen LogP contribution in [0.4, 0.5) is 0 Å². The molecule has 3 rings (SSSR count). The predicted octanol–water partition coefficient (Wildman–Crippen LogP) is 1.79. The zero-order valence-corrected chi connectivity index (χ0v) is 15.0. The van der Waals surface area contributed by atoms with Crippen LogP contribution in [0.5, 0.6) is 5.75 Å². The van der Waals surface area contributed by atoms with Gasteiger partial charge in [0, 0.05) is 6.54 Å². The van der Waals surface area contributed by atoms with Crippen LogP contribution in [0.1, 0.15) is 18.9 Å². The minimum Gasteiger partial charge on any atom is -0.494 e. The van der Waals surface area contributed by atoms with E-state index < -0.39 is 17.2 Å². The third kappa shape index (κ3) is 4.44. The Bertz CT molecular complexity index is 1050. The van der Waals surface area contributed by atoms with Gasteiger partial charge in [-0.05, 0) is 36.2 Å². The molecule has 1 amide bonds. The Morgan fingerprint density at radius 3 is 2.59 bits per heavy atom. The molecule has 0 aliphatic rings. The van der Waals surface area contributed by atoms with Crippen LogP contribution in [0.3, 0.4) is 0 Å². The number of rotatable bonds is 7. The Hall–Kier alpha value is -3.35. The lowest BCUT2D eigenvalue weighted by atomic mass is 10.2. The van der Waals surface area contributed by atoms with E-state index in [9.17, 15) is 14.4 Å². The van der Waals surface area contributed by atoms with Crippen molar-refractivity contribution in [1.82, 2.24) is 14.9 Å². The second kappa shape index (κ2) is 8.35. The first-order valence-corrected chi connectivity index (χ1v) is 8.79. The number of carbonyl (C=O) groups is 1. The third-order valence-corrected chi connectivity index (χ3v) is 4.08. The van der Waals surface area contributed by atoms with E-state index in [1.807, 2.05) is 31.2 Å². The monoisotopic (exact) mass is 367 g/mol. The lowest BCUT2D eigenvalue weighted by Crippen LogP contribution is -2.40. The molecule has 2 N–H and O–H groups in total. The molecule has 0 unspecified atom stereocenters. The summed E-state index contributed by atoms with van der Waals surface area (Å²) >= 11 is 0. The van der Waals surface area contributed by atoms with E-state index in [1.165, 1.54) is 0 Å². The van der Waals surface area contributed by atoms with Crippen molar-refractivity contribution in [3.8, 4) is 5.75 Å². The van der Waals surface area contributed by atoms with Crippen LogP contribution in [0.25, 0.3) is 10.9 Å². The quantitative estimate of drug-likeness (QED) is 0.666. The summed E-state index contributed by atoms with van der Waals surface area (Å²) < 4.78 is 6.41. The summed E-state index contributed by atoms with van der Waals surface area (Å²) in [6, 6.07) is 14.1. The molecular weight excluding hydrogens is 346 g/mol. The van der Waals surface area contributed by atoms with Crippen LogP contribution >= 0.6 is 0 Å². The van der Waals surface area contributed by atoms with E-state index in [4.69, 9.17) is 4.74 Å². The van der Waals surface area contributed by atoms with E-state index in [0.29, 0.717) is 24.1 Å². The van der Waals surface area contributed by atoms with E-state index in [0.717, 1.165) is 22.3 Å². The van der Waals surface area contributed by atoms with Gasteiger partial charge in [-0.2, -0.15) is 0 Å². The molecule has 0 aliphatic heterocycles. The number of para-hydroxylation sites is 1. The standard InChI is InChI=1S/C20H21N3O4/c1-2-11-27-15-9-7-14(8-10-15)12-21-18(24)13-23-19(25)16-5-3-4-6-17(16)22-20(23)26/h3-10H,2,11-13H2,1H3,(H,21,24)(H,22,26). The van der Waals surface area contributed by atoms with Crippen LogP contribution in [0, 0.1) is 0 Å². The summed E-state index contributed by atoms with van der Waals surface area (Å²) in [5.41, 5.74) is 0.259. The van der Waals surface area contributed by atoms with Gasteiger partial charge in [-0.15, -0.1) is 0 Å². The number of hydrogen-bond acceptors (Lipinski definition) is 4. The summed E-state index contributed by atoms with van der Waals surface area (Å²) in [6.07, 6.45) is 0.936. The number of hydrogen-bond donors (Lipinski definition) is 2. The smallest absolute Gasteiger partial charge is 0.329 e. The number of aromatic nitrogens is 2. The molecule has 0 spiro atoms. The zero-order chi connectivity index (χ0) is 19.2. The number of nitrogens with one attached hydrogen (secondary N) is 2. The highest BCUT2D eigenvalue weighted by Gasteiger charge is 2.11. The van der Waals surface area contributed by atoms with Crippen molar-refractivity contribution in [2.75, 3.05) is 6.61 Å². The molecule has 7 nitrogen and oxygen atoms in total. The fraction of sp³-hybridized carbons (Fsp3) is 0.250.